The summed E-state index contributed by atoms with van der Waals surface area (Å²) >= 11 is 0. The molecule has 0 aromatic rings. The highest BCUT2D eigenvalue weighted by Crippen LogP contribution is 2.18. The molecule has 0 bridgehead atoms. The van der Waals surface area contributed by atoms with Gasteiger partial charge >= 0.3 is 5.97 Å². The highest BCUT2D eigenvalue weighted by Gasteiger charge is 2.40. The van der Waals surface area contributed by atoms with Crippen LogP contribution in [-0.4, -0.2) is 51.0 Å². The molecule has 0 aromatic carbocycles. The van der Waals surface area contributed by atoms with Gasteiger partial charge in [0.2, 0.25) is 0 Å². The first-order valence-corrected chi connectivity index (χ1v) is 3.45. The standard InChI is InChI=1S/C6H10O6/c7-2-1-3(8)12-5(4(2)9)6(10)11/h2-5,7-9H,1H2,(H,10,11)/t2-,3+,4+,5-/m0/s1. The maximum Gasteiger partial charge on any atom is 0.335 e. The van der Waals surface area contributed by atoms with E-state index in [-0.39, 0.29) is 6.42 Å². The van der Waals surface area contributed by atoms with Gasteiger partial charge in [0.15, 0.2) is 12.4 Å². The van der Waals surface area contributed by atoms with Crippen molar-refractivity contribution in [2.24, 2.45) is 0 Å². The number of carboxylic acids is 1. The highest BCUT2D eigenvalue weighted by molar-refractivity contribution is 5.73. The van der Waals surface area contributed by atoms with Crippen LogP contribution in [0.1, 0.15) is 6.42 Å². The van der Waals surface area contributed by atoms with Crippen LogP contribution in [0.3, 0.4) is 0 Å². The van der Waals surface area contributed by atoms with Gasteiger partial charge in [-0.05, 0) is 0 Å². The largest absolute Gasteiger partial charge is 0.479 e. The summed E-state index contributed by atoms with van der Waals surface area (Å²) < 4.78 is 4.48. The van der Waals surface area contributed by atoms with E-state index in [0.717, 1.165) is 0 Å². The minimum atomic E-state index is -1.55. The molecule has 1 rings (SSSR count). The van der Waals surface area contributed by atoms with Gasteiger partial charge in [0.1, 0.15) is 6.10 Å². The van der Waals surface area contributed by atoms with E-state index in [1.54, 1.807) is 0 Å². The number of hydrogen-bond acceptors (Lipinski definition) is 5. The molecule has 1 heterocycles. The number of ether oxygens (including phenoxy) is 1. The summed E-state index contributed by atoms with van der Waals surface area (Å²) in [5, 5.41) is 35.4. The summed E-state index contributed by atoms with van der Waals surface area (Å²) in [5.74, 6) is -1.40. The second-order valence-electron chi connectivity index (χ2n) is 2.64. The fourth-order valence-corrected chi connectivity index (χ4v) is 1.06. The molecular weight excluding hydrogens is 168 g/mol. The number of aliphatic hydroxyl groups excluding tert-OH is 3. The van der Waals surface area contributed by atoms with Crippen molar-refractivity contribution in [3.63, 3.8) is 0 Å². The molecule has 1 saturated heterocycles. The number of carbonyl (C=O) groups is 1. The van der Waals surface area contributed by atoms with Gasteiger partial charge in [-0.15, -0.1) is 0 Å². The first-order valence-electron chi connectivity index (χ1n) is 3.45. The molecule has 1 fully saturated rings. The zero-order chi connectivity index (χ0) is 9.30. The van der Waals surface area contributed by atoms with Gasteiger partial charge in [0, 0.05) is 6.42 Å². The topological polar surface area (TPSA) is 107 Å². The minimum Gasteiger partial charge on any atom is -0.479 e. The fraction of sp³-hybridized carbons (Fsp3) is 0.833. The zero-order valence-corrected chi connectivity index (χ0v) is 6.12. The lowest BCUT2D eigenvalue weighted by Crippen LogP contribution is -2.51. The summed E-state index contributed by atoms with van der Waals surface area (Å²) in [6.45, 7) is 0. The molecule has 1 aliphatic heterocycles. The summed E-state index contributed by atoms with van der Waals surface area (Å²) in [6.07, 6.45) is -5.79. The second kappa shape index (κ2) is 3.36. The Bertz CT molecular complexity index is 181. The molecule has 4 atom stereocenters. The van der Waals surface area contributed by atoms with Crippen molar-refractivity contribution in [3.8, 4) is 0 Å². The van der Waals surface area contributed by atoms with Crippen molar-refractivity contribution in [2.45, 2.75) is 31.0 Å². The Morgan fingerprint density at radius 3 is 2.42 bits per heavy atom. The molecule has 12 heavy (non-hydrogen) atoms. The van der Waals surface area contributed by atoms with E-state index in [0.29, 0.717) is 0 Å². The van der Waals surface area contributed by atoms with Crippen molar-refractivity contribution >= 4 is 5.97 Å². The fourth-order valence-electron chi connectivity index (χ4n) is 1.06. The Balaban J connectivity index is 2.66. The molecule has 6 heteroatoms. The molecule has 4 N–H and O–H groups in total. The second-order valence-corrected chi connectivity index (χ2v) is 2.64. The number of hydrogen-bond donors (Lipinski definition) is 4. The molecular formula is C6H10O6. The third-order valence-corrected chi connectivity index (χ3v) is 1.69. The molecule has 0 spiro atoms. The van der Waals surface area contributed by atoms with Crippen molar-refractivity contribution < 1.29 is 30.0 Å². The monoisotopic (exact) mass is 178 g/mol. The lowest BCUT2D eigenvalue weighted by molar-refractivity contribution is -0.236. The van der Waals surface area contributed by atoms with Crippen molar-refractivity contribution in [1.29, 1.82) is 0 Å². The van der Waals surface area contributed by atoms with E-state index in [9.17, 15) is 4.79 Å². The third-order valence-electron chi connectivity index (χ3n) is 1.69. The van der Waals surface area contributed by atoms with E-state index in [1.807, 2.05) is 0 Å². The van der Waals surface area contributed by atoms with Gasteiger partial charge in [-0.25, -0.2) is 4.79 Å². The third kappa shape index (κ3) is 1.72. The van der Waals surface area contributed by atoms with E-state index in [4.69, 9.17) is 20.4 Å². The van der Waals surface area contributed by atoms with Crippen LogP contribution in [0.2, 0.25) is 0 Å². The van der Waals surface area contributed by atoms with Crippen LogP contribution in [0.15, 0.2) is 0 Å². The average Bonchev–Trinajstić information content (AvgIpc) is 1.96. The van der Waals surface area contributed by atoms with E-state index >= 15 is 0 Å². The van der Waals surface area contributed by atoms with Gasteiger partial charge in [0.25, 0.3) is 0 Å². The quantitative estimate of drug-likeness (QED) is 0.366. The SMILES string of the molecule is O=C(O)[C@H]1O[C@@H](O)C[C@H](O)[C@H]1O. The summed E-state index contributed by atoms with van der Waals surface area (Å²) in [4.78, 5) is 10.3. The van der Waals surface area contributed by atoms with Crippen LogP contribution in [0.5, 0.6) is 0 Å². The highest BCUT2D eigenvalue weighted by atomic mass is 16.6. The maximum absolute atomic E-state index is 10.3. The molecule has 6 nitrogen and oxygen atoms in total. The molecule has 0 amide bonds. The molecule has 0 unspecified atom stereocenters. The zero-order valence-electron chi connectivity index (χ0n) is 6.12. The minimum absolute atomic E-state index is 0.176. The van der Waals surface area contributed by atoms with Crippen molar-refractivity contribution in [1.82, 2.24) is 0 Å². The van der Waals surface area contributed by atoms with Crippen LogP contribution >= 0.6 is 0 Å². The van der Waals surface area contributed by atoms with Crippen LogP contribution in [0.4, 0.5) is 0 Å². The van der Waals surface area contributed by atoms with E-state index in [2.05, 4.69) is 4.74 Å². The smallest absolute Gasteiger partial charge is 0.335 e. The normalized spacial score (nSPS) is 42.6. The van der Waals surface area contributed by atoms with Crippen LogP contribution < -0.4 is 0 Å². The first-order chi connectivity index (χ1) is 5.52. The van der Waals surface area contributed by atoms with E-state index < -0.39 is 30.6 Å². The molecule has 0 saturated carbocycles. The summed E-state index contributed by atoms with van der Waals surface area (Å²) in [5.41, 5.74) is 0. The predicted octanol–water partition coefficient (Wildman–Crippen LogP) is -2.10. The van der Waals surface area contributed by atoms with Crippen LogP contribution in [-0.2, 0) is 9.53 Å². The summed E-state index contributed by atoms with van der Waals surface area (Å²) in [7, 11) is 0. The Kier molecular flexibility index (Phi) is 2.63. The Hall–Kier alpha value is -0.690. The van der Waals surface area contributed by atoms with Crippen molar-refractivity contribution in [2.75, 3.05) is 0 Å². The number of aliphatic hydroxyl groups is 3. The molecule has 0 aromatic heterocycles. The lowest BCUT2D eigenvalue weighted by atomic mass is 10.0. The Morgan fingerprint density at radius 1 is 1.33 bits per heavy atom. The molecule has 70 valence electrons. The Morgan fingerprint density at radius 2 is 1.92 bits per heavy atom. The maximum atomic E-state index is 10.3. The first kappa shape index (κ1) is 9.40. The number of aliphatic carboxylic acids is 1. The predicted molar refractivity (Wildman–Crippen MR) is 35.1 cm³/mol. The molecule has 0 aliphatic carbocycles. The van der Waals surface area contributed by atoms with Gasteiger partial charge in [-0.1, -0.05) is 0 Å². The Labute approximate surface area is 68.0 Å². The van der Waals surface area contributed by atoms with E-state index in [1.165, 1.54) is 0 Å². The summed E-state index contributed by atoms with van der Waals surface area (Å²) in [6, 6.07) is 0. The van der Waals surface area contributed by atoms with Crippen LogP contribution in [0, 0.1) is 0 Å². The molecule has 0 radical (unpaired) electrons. The number of rotatable bonds is 1. The molecule has 1 aliphatic rings. The lowest BCUT2D eigenvalue weighted by Gasteiger charge is -2.32. The van der Waals surface area contributed by atoms with Crippen LogP contribution in [0.25, 0.3) is 0 Å². The van der Waals surface area contributed by atoms with Gasteiger partial charge in [-0.3, -0.25) is 0 Å². The average molecular weight is 178 g/mol. The van der Waals surface area contributed by atoms with Gasteiger partial charge < -0.3 is 25.2 Å². The van der Waals surface area contributed by atoms with Gasteiger partial charge in [-0.2, -0.15) is 0 Å². The van der Waals surface area contributed by atoms with Gasteiger partial charge in [0.05, 0.1) is 6.10 Å². The van der Waals surface area contributed by atoms with Crippen molar-refractivity contribution in [3.05, 3.63) is 0 Å². The number of carboxylic acid groups (broad SMARTS) is 1.